The maximum atomic E-state index is 11.0. The summed E-state index contributed by atoms with van der Waals surface area (Å²) in [4.78, 5) is 14.8. The molecule has 0 spiro atoms. The summed E-state index contributed by atoms with van der Waals surface area (Å²) in [6, 6.07) is 1.35. The van der Waals surface area contributed by atoms with Gasteiger partial charge in [-0.1, -0.05) is 11.6 Å². The minimum Gasteiger partial charge on any atom is -0.467 e. The lowest BCUT2D eigenvalue weighted by atomic mass is 10.1. The highest BCUT2D eigenvalue weighted by Gasteiger charge is 2.28. The molecular weight excluding hydrogens is 301 g/mol. The van der Waals surface area contributed by atoms with Gasteiger partial charge in [-0.2, -0.15) is 0 Å². The minimum atomic E-state index is -1.67. The van der Waals surface area contributed by atoms with Crippen LogP contribution in [0.4, 0.5) is 0 Å². The van der Waals surface area contributed by atoms with Crippen molar-refractivity contribution in [2.45, 2.75) is 12.2 Å². The first-order valence-corrected chi connectivity index (χ1v) is 5.39. The van der Waals surface area contributed by atoms with E-state index in [0.717, 1.165) is 7.11 Å². The molecule has 7 heteroatoms. The zero-order valence-corrected chi connectivity index (χ0v) is 10.6. The molecule has 0 aromatic carbocycles. The van der Waals surface area contributed by atoms with Gasteiger partial charge in [0.2, 0.25) is 0 Å². The largest absolute Gasteiger partial charge is 0.467 e. The van der Waals surface area contributed by atoms with E-state index in [2.05, 4.69) is 25.7 Å². The number of hydrogen-bond donors (Lipinski definition) is 2. The van der Waals surface area contributed by atoms with Crippen LogP contribution in [-0.4, -0.2) is 34.4 Å². The molecule has 1 heterocycles. The highest BCUT2D eigenvalue weighted by molar-refractivity contribution is 9.10. The van der Waals surface area contributed by atoms with E-state index in [-0.39, 0.29) is 10.7 Å². The van der Waals surface area contributed by atoms with E-state index < -0.39 is 18.2 Å². The number of halogens is 2. The monoisotopic (exact) mass is 309 g/mol. The van der Waals surface area contributed by atoms with Gasteiger partial charge in [-0.15, -0.1) is 0 Å². The van der Waals surface area contributed by atoms with Gasteiger partial charge in [0, 0.05) is 16.2 Å². The first-order valence-electron chi connectivity index (χ1n) is 4.22. The Labute approximate surface area is 105 Å². The Morgan fingerprint density at radius 1 is 1.62 bits per heavy atom. The van der Waals surface area contributed by atoms with E-state index >= 15 is 0 Å². The molecule has 0 aliphatic carbocycles. The Morgan fingerprint density at radius 2 is 2.25 bits per heavy atom. The molecule has 88 valence electrons. The first-order chi connectivity index (χ1) is 7.47. The normalized spacial score (nSPS) is 14.3. The molecule has 0 bridgehead atoms. The van der Waals surface area contributed by atoms with Gasteiger partial charge in [0.15, 0.2) is 6.10 Å². The molecular formula is C9H9BrClNO4. The van der Waals surface area contributed by atoms with E-state index in [1.165, 1.54) is 12.3 Å². The number of esters is 1. The van der Waals surface area contributed by atoms with Crippen molar-refractivity contribution in [2.75, 3.05) is 7.11 Å². The van der Waals surface area contributed by atoms with Gasteiger partial charge in [0.1, 0.15) is 11.3 Å². The fraction of sp³-hybridized carbons (Fsp3) is 0.333. The van der Waals surface area contributed by atoms with Crippen molar-refractivity contribution in [3.05, 3.63) is 27.5 Å². The van der Waals surface area contributed by atoms with Gasteiger partial charge in [-0.3, -0.25) is 0 Å². The van der Waals surface area contributed by atoms with Gasteiger partial charge >= 0.3 is 5.97 Å². The lowest BCUT2D eigenvalue weighted by Crippen LogP contribution is -2.29. The summed E-state index contributed by atoms with van der Waals surface area (Å²) < 4.78 is 4.75. The van der Waals surface area contributed by atoms with Crippen LogP contribution in [0.3, 0.4) is 0 Å². The molecule has 0 aliphatic heterocycles. The molecule has 2 atom stereocenters. The third-order valence-corrected chi connectivity index (χ3v) is 2.78. The van der Waals surface area contributed by atoms with Gasteiger partial charge in [-0.05, 0) is 22.0 Å². The van der Waals surface area contributed by atoms with Crippen LogP contribution in [0.25, 0.3) is 0 Å². The Morgan fingerprint density at radius 3 is 2.81 bits per heavy atom. The van der Waals surface area contributed by atoms with Crippen LogP contribution in [0.1, 0.15) is 11.7 Å². The highest BCUT2D eigenvalue weighted by atomic mass is 79.9. The third kappa shape index (κ3) is 2.91. The fourth-order valence-electron chi connectivity index (χ4n) is 1.07. The average Bonchev–Trinajstić information content (AvgIpc) is 2.29. The molecule has 1 aromatic heterocycles. The minimum absolute atomic E-state index is 0.148. The van der Waals surface area contributed by atoms with Gasteiger partial charge in [0.05, 0.1) is 7.11 Å². The van der Waals surface area contributed by atoms with Gasteiger partial charge < -0.3 is 14.9 Å². The van der Waals surface area contributed by atoms with Crippen LogP contribution >= 0.6 is 27.5 Å². The first kappa shape index (κ1) is 13.4. The predicted molar refractivity (Wildman–Crippen MR) is 59.9 cm³/mol. The summed E-state index contributed by atoms with van der Waals surface area (Å²) in [6.07, 6.45) is -1.73. The van der Waals surface area contributed by atoms with Gasteiger partial charge in [0.25, 0.3) is 0 Å². The second-order valence-electron chi connectivity index (χ2n) is 2.94. The van der Waals surface area contributed by atoms with Crippen molar-refractivity contribution in [3.63, 3.8) is 0 Å². The zero-order chi connectivity index (χ0) is 12.3. The number of pyridine rings is 1. The lowest BCUT2D eigenvalue weighted by molar-refractivity contribution is -0.156. The molecule has 0 saturated carbocycles. The molecule has 0 amide bonds. The van der Waals surface area contributed by atoms with E-state index in [9.17, 15) is 15.0 Å². The molecule has 16 heavy (non-hydrogen) atoms. The molecule has 2 N–H and O–H groups in total. The van der Waals surface area contributed by atoms with Crippen LogP contribution in [0.5, 0.6) is 0 Å². The number of rotatable bonds is 3. The quantitative estimate of drug-likeness (QED) is 0.645. The Bertz CT molecular complexity index is 401. The number of aliphatic hydroxyl groups is 2. The summed E-state index contributed by atoms with van der Waals surface area (Å²) >= 11 is 8.76. The zero-order valence-electron chi connectivity index (χ0n) is 8.22. The van der Waals surface area contributed by atoms with Crippen molar-refractivity contribution in [3.8, 4) is 0 Å². The predicted octanol–water partition coefficient (Wildman–Crippen LogP) is 1.06. The fourth-order valence-corrected chi connectivity index (χ4v) is 1.69. The summed E-state index contributed by atoms with van der Waals surface area (Å²) in [6.45, 7) is 0. The summed E-state index contributed by atoms with van der Waals surface area (Å²) in [5, 5.41) is 19.3. The Hall–Kier alpha value is -0.690. The van der Waals surface area contributed by atoms with Crippen LogP contribution in [0.15, 0.2) is 16.7 Å². The van der Waals surface area contributed by atoms with Crippen molar-refractivity contribution < 1.29 is 19.7 Å². The lowest BCUT2D eigenvalue weighted by Gasteiger charge is -2.17. The third-order valence-electron chi connectivity index (χ3n) is 1.91. The van der Waals surface area contributed by atoms with E-state index in [1.54, 1.807) is 0 Å². The van der Waals surface area contributed by atoms with Crippen LogP contribution in [0.2, 0.25) is 5.15 Å². The van der Waals surface area contributed by atoms with E-state index in [4.69, 9.17) is 11.6 Å². The average molecular weight is 311 g/mol. The van der Waals surface area contributed by atoms with Crippen LogP contribution in [-0.2, 0) is 9.53 Å². The van der Waals surface area contributed by atoms with E-state index in [0.29, 0.717) is 4.47 Å². The standard InChI is InChI=1S/C9H9BrClNO4/c1-16-9(15)8(14)7(13)4-2-6(11)12-3-5(4)10/h2-3,7-8,13-14H,1H3. The Kier molecular flexibility index (Phi) is 4.67. The van der Waals surface area contributed by atoms with Crippen LogP contribution in [0, 0.1) is 0 Å². The number of carbonyl (C=O) groups excluding carboxylic acids is 1. The van der Waals surface area contributed by atoms with E-state index in [1.807, 2.05) is 0 Å². The number of hydrogen-bond acceptors (Lipinski definition) is 5. The molecule has 1 aromatic rings. The molecule has 0 aliphatic rings. The van der Waals surface area contributed by atoms with Gasteiger partial charge in [-0.25, -0.2) is 9.78 Å². The summed E-state index contributed by atoms with van der Waals surface area (Å²) in [5.74, 6) is -0.924. The van der Waals surface area contributed by atoms with Crippen molar-refractivity contribution in [1.29, 1.82) is 0 Å². The molecule has 0 saturated heterocycles. The highest BCUT2D eigenvalue weighted by Crippen LogP contribution is 2.27. The molecule has 5 nitrogen and oxygen atoms in total. The molecule has 1 rings (SSSR count). The van der Waals surface area contributed by atoms with Crippen molar-refractivity contribution in [1.82, 2.24) is 4.98 Å². The maximum absolute atomic E-state index is 11.0. The SMILES string of the molecule is COC(=O)C(O)C(O)c1cc(Cl)ncc1Br. The number of methoxy groups -OCH3 is 1. The smallest absolute Gasteiger partial charge is 0.337 e. The molecule has 2 unspecified atom stereocenters. The topological polar surface area (TPSA) is 79.7 Å². The number of ether oxygens (including phenoxy) is 1. The number of aliphatic hydroxyl groups excluding tert-OH is 2. The second-order valence-corrected chi connectivity index (χ2v) is 4.18. The molecule has 0 radical (unpaired) electrons. The molecule has 0 fully saturated rings. The summed E-state index contributed by atoms with van der Waals surface area (Å²) in [7, 11) is 1.12. The van der Waals surface area contributed by atoms with Crippen molar-refractivity contribution >= 4 is 33.5 Å². The van der Waals surface area contributed by atoms with Crippen LogP contribution < -0.4 is 0 Å². The summed E-state index contributed by atoms with van der Waals surface area (Å²) in [5.41, 5.74) is 0.262. The van der Waals surface area contributed by atoms with Crippen molar-refractivity contribution in [2.24, 2.45) is 0 Å². The maximum Gasteiger partial charge on any atom is 0.337 e. The Balaban J connectivity index is 2.99. The number of nitrogens with zero attached hydrogens (tertiary/aromatic N) is 1. The number of aromatic nitrogens is 1. The number of carbonyl (C=O) groups is 1. The second kappa shape index (κ2) is 5.58.